The minimum atomic E-state index is -0.620. The van der Waals surface area contributed by atoms with E-state index in [-0.39, 0.29) is 30.3 Å². The highest BCUT2D eigenvalue weighted by atomic mass is 16.5. The highest BCUT2D eigenvalue weighted by Gasteiger charge is 2.39. The van der Waals surface area contributed by atoms with Crippen LogP contribution in [0.2, 0.25) is 0 Å². The molecule has 2 N–H and O–H groups in total. The number of likely N-dealkylation sites (tertiary alicyclic amines) is 1. The summed E-state index contributed by atoms with van der Waals surface area (Å²) in [5.74, 6) is 0.248. The summed E-state index contributed by atoms with van der Waals surface area (Å²) in [6, 6.07) is 6.17. The summed E-state index contributed by atoms with van der Waals surface area (Å²) in [6.45, 7) is 2.04. The second-order valence-electron chi connectivity index (χ2n) is 6.86. The van der Waals surface area contributed by atoms with Crippen molar-refractivity contribution in [2.45, 2.75) is 12.5 Å². The summed E-state index contributed by atoms with van der Waals surface area (Å²) in [5.41, 5.74) is 0.699. The molecule has 2 saturated heterocycles. The van der Waals surface area contributed by atoms with Gasteiger partial charge in [-0.2, -0.15) is 0 Å². The lowest BCUT2D eigenvalue weighted by Crippen LogP contribution is -2.45. The van der Waals surface area contributed by atoms with Crippen LogP contribution < -0.4 is 20.3 Å². The summed E-state index contributed by atoms with van der Waals surface area (Å²) in [5, 5.41) is 5.55. The molecular formula is C19H26N4O5. The van der Waals surface area contributed by atoms with E-state index in [1.807, 2.05) is 0 Å². The fourth-order valence-electron chi connectivity index (χ4n) is 3.48. The molecule has 0 saturated carbocycles. The maximum absolute atomic E-state index is 12.8. The number of carbonyl (C=O) groups excluding carboxylic acids is 3. The van der Waals surface area contributed by atoms with E-state index < -0.39 is 6.04 Å². The molecule has 9 nitrogen and oxygen atoms in total. The predicted molar refractivity (Wildman–Crippen MR) is 102 cm³/mol. The first-order chi connectivity index (χ1) is 13.5. The standard InChI is InChI=1S/C19H26N4O5/c1-27-10-8-20-17(24)13-7-9-22(11-13)18(25)16-12-23(19(26)21-16)14-3-5-15(28-2)6-4-14/h3-6,13,16H,7-12H2,1-2H3,(H,20,24)(H,21,26). The smallest absolute Gasteiger partial charge is 0.322 e. The molecule has 2 aliphatic rings. The minimum absolute atomic E-state index is 0.0670. The topological polar surface area (TPSA) is 100 Å². The number of urea groups is 1. The number of benzene rings is 1. The van der Waals surface area contributed by atoms with Gasteiger partial charge in [-0.3, -0.25) is 14.5 Å². The highest BCUT2D eigenvalue weighted by molar-refractivity contribution is 6.00. The molecule has 1 aromatic carbocycles. The molecule has 2 aliphatic heterocycles. The third-order valence-corrected chi connectivity index (χ3v) is 5.07. The Morgan fingerprint density at radius 2 is 1.96 bits per heavy atom. The molecule has 0 spiro atoms. The molecule has 4 amide bonds. The number of methoxy groups -OCH3 is 2. The third kappa shape index (κ3) is 4.36. The van der Waals surface area contributed by atoms with Crippen LogP contribution in [-0.4, -0.2) is 75.8 Å². The summed E-state index contributed by atoms with van der Waals surface area (Å²) in [4.78, 5) is 40.5. The first-order valence-electron chi connectivity index (χ1n) is 9.31. The Hall–Kier alpha value is -2.81. The van der Waals surface area contributed by atoms with E-state index >= 15 is 0 Å². The molecule has 0 aliphatic carbocycles. The van der Waals surface area contributed by atoms with Crippen molar-refractivity contribution >= 4 is 23.5 Å². The lowest BCUT2D eigenvalue weighted by Gasteiger charge is -2.20. The summed E-state index contributed by atoms with van der Waals surface area (Å²) in [6.07, 6.45) is 0.618. The molecule has 2 fully saturated rings. The molecule has 3 rings (SSSR count). The van der Waals surface area contributed by atoms with E-state index in [9.17, 15) is 14.4 Å². The van der Waals surface area contributed by atoms with Crippen LogP contribution in [0.15, 0.2) is 24.3 Å². The molecule has 0 aromatic heterocycles. The van der Waals surface area contributed by atoms with Crippen molar-refractivity contribution in [1.82, 2.24) is 15.5 Å². The van der Waals surface area contributed by atoms with Gasteiger partial charge in [0.05, 0.1) is 26.2 Å². The number of amides is 4. The van der Waals surface area contributed by atoms with Crippen molar-refractivity contribution in [3.8, 4) is 5.75 Å². The maximum Gasteiger partial charge on any atom is 0.322 e. The van der Waals surface area contributed by atoms with Crippen LogP contribution in [0.1, 0.15) is 6.42 Å². The zero-order valence-electron chi connectivity index (χ0n) is 16.1. The van der Waals surface area contributed by atoms with Crippen molar-refractivity contribution in [2.75, 3.05) is 51.9 Å². The molecule has 152 valence electrons. The number of hydrogen-bond donors (Lipinski definition) is 2. The molecule has 2 heterocycles. The largest absolute Gasteiger partial charge is 0.497 e. The Labute approximate surface area is 163 Å². The van der Waals surface area contributed by atoms with Crippen molar-refractivity contribution in [3.63, 3.8) is 0 Å². The maximum atomic E-state index is 12.8. The van der Waals surface area contributed by atoms with E-state index in [4.69, 9.17) is 9.47 Å². The number of hydrogen-bond acceptors (Lipinski definition) is 5. The molecule has 0 bridgehead atoms. The van der Waals surface area contributed by atoms with Gasteiger partial charge in [-0.1, -0.05) is 0 Å². The van der Waals surface area contributed by atoms with Gasteiger partial charge in [0.15, 0.2) is 0 Å². The van der Waals surface area contributed by atoms with Gasteiger partial charge < -0.3 is 25.0 Å². The summed E-state index contributed by atoms with van der Waals surface area (Å²) in [7, 11) is 3.15. The minimum Gasteiger partial charge on any atom is -0.497 e. The lowest BCUT2D eigenvalue weighted by molar-refractivity contribution is -0.132. The normalized spacial score (nSPS) is 21.6. The van der Waals surface area contributed by atoms with E-state index in [0.717, 1.165) is 0 Å². The van der Waals surface area contributed by atoms with Crippen molar-refractivity contribution in [1.29, 1.82) is 0 Å². The van der Waals surface area contributed by atoms with Crippen LogP contribution in [0, 0.1) is 5.92 Å². The predicted octanol–water partition coefficient (Wildman–Crippen LogP) is 0.205. The van der Waals surface area contributed by atoms with Gasteiger partial charge in [0.1, 0.15) is 11.8 Å². The van der Waals surface area contributed by atoms with Crippen LogP contribution >= 0.6 is 0 Å². The first kappa shape index (κ1) is 19.9. The molecule has 2 atom stereocenters. The van der Waals surface area contributed by atoms with Crippen LogP contribution in [0.25, 0.3) is 0 Å². The molecular weight excluding hydrogens is 364 g/mol. The fraction of sp³-hybridized carbons (Fsp3) is 0.526. The summed E-state index contributed by atoms with van der Waals surface area (Å²) < 4.78 is 10.0. The summed E-state index contributed by atoms with van der Waals surface area (Å²) >= 11 is 0. The first-order valence-corrected chi connectivity index (χ1v) is 9.31. The van der Waals surface area contributed by atoms with Crippen molar-refractivity contribution in [3.05, 3.63) is 24.3 Å². The Morgan fingerprint density at radius 1 is 1.21 bits per heavy atom. The van der Waals surface area contributed by atoms with Gasteiger partial charge in [-0.25, -0.2) is 4.79 Å². The number of anilines is 1. The van der Waals surface area contributed by atoms with Gasteiger partial charge in [0.25, 0.3) is 0 Å². The Morgan fingerprint density at radius 3 is 2.64 bits per heavy atom. The van der Waals surface area contributed by atoms with Crippen LogP contribution in [0.5, 0.6) is 5.75 Å². The molecule has 2 unspecified atom stereocenters. The Bertz CT molecular complexity index is 724. The van der Waals surface area contributed by atoms with Gasteiger partial charge in [-0.15, -0.1) is 0 Å². The van der Waals surface area contributed by atoms with Crippen molar-refractivity contribution in [2.24, 2.45) is 5.92 Å². The van der Waals surface area contributed by atoms with E-state index in [1.54, 1.807) is 43.4 Å². The molecule has 1 aromatic rings. The van der Waals surface area contributed by atoms with Gasteiger partial charge in [-0.05, 0) is 30.7 Å². The second-order valence-corrected chi connectivity index (χ2v) is 6.86. The van der Waals surface area contributed by atoms with E-state index in [2.05, 4.69) is 10.6 Å². The van der Waals surface area contributed by atoms with Gasteiger partial charge >= 0.3 is 6.03 Å². The van der Waals surface area contributed by atoms with Gasteiger partial charge in [0.2, 0.25) is 11.8 Å². The highest BCUT2D eigenvalue weighted by Crippen LogP contribution is 2.24. The number of ether oxygens (including phenoxy) is 2. The van der Waals surface area contributed by atoms with Gasteiger partial charge in [0, 0.05) is 32.4 Å². The number of carbonyl (C=O) groups is 3. The average Bonchev–Trinajstić information content (AvgIpc) is 3.35. The average molecular weight is 390 g/mol. The second kappa shape index (κ2) is 8.92. The van der Waals surface area contributed by atoms with Crippen LogP contribution in [0.4, 0.5) is 10.5 Å². The van der Waals surface area contributed by atoms with E-state index in [0.29, 0.717) is 44.1 Å². The third-order valence-electron chi connectivity index (χ3n) is 5.07. The fourth-order valence-corrected chi connectivity index (χ4v) is 3.48. The Balaban J connectivity index is 1.55. The molecule has 28 heavy (non-hydrogen) atoms. The zero-order valence-corrected chi connectivity index (χ0v) is 16.1. The number of rotatable bonds is 7. The van der Waals surface area contributed by atoms with Crippen LogP contribution in [0.3, 0.4) is 0 Å². The SMILES string of the molecule is COCCNC(=O)C1CCN(C(=O)C2CN(c3ccc(OC)cc3)C(=O)N2)C1. The van der Waals surface area contributed by atoms with Crippen LogP contribution in [-0.2, 0) is 14.3 Å². The lowest BCUT2D eigenvalue weighted by atomic mass is 10.1. The zero-order chi connectivity index (χ0) is 20.1. The van der Waals surface area contributed by atoms with E-state index in [1.165, 1.54) is 4.90 Å². The van der Waals surface area contributed by atoms with Crippen molar-refractivity contribution < 1.29 is 23.9 Å². The molecule has 9 heteroatoms. The Kier molecular flexibility index (Phi) is 6.35. The number of nitrogens with one attached hydrogen (secondary N) is 2. The molecule has 0 radical (unpaired) electrons. The monoisotopic (exact) mass is 390 g/mol. The number of nitrogens with zero attached hydrogens (tertiary/aromatic N) is 2. The quantitative estimate of drug-likeness (QED) is 0.648.